The van der Waals surface area contributed by atoms with Gasteiger partial charge in [0, 0.05) is 19.0 Å². The second-order valence-corrected chi connectivity index (χ2v) is 8.01. The Morgan fingerprint density at radius 1 is 1.27 bits per heavy atom. The quantitative estimate of drug-likeness (QED) is 0.516. The van der Waals surface area contributed by atoms with Gasteiger partial charge >= 0.3 is 5.97 Å². The van der Waals surface area contributed by atoms with Crippen molar-refractivity contribution in [2.45, 2.75) is 39.8 Å². The number of nitrogens with zero attached hydrogens (tertiary/aromatic N) is 1. The van der Waals surface area contributed by atoms with E-state index in [1.165, 1.54) is 4.90 Å². The lowest BCUT2D eigenvalue weighted by Crippen LogP contribution is -2.46. The number of aliphatic hydroxyl groups excluding tert-OH is 1. The van der Waals surface area contributed by atoms with Crippen molar-refractivity contribution >= 4 is 17.8 Å². The van der Waals surface area contributed by atoms with Crippen molar-refractivity contribution in [1.82, 2.24) is 10.2 Å². The topological polar surface area (TPSA) is 105 Å². The molecule has 0 radical (unpaired) electrons. The summed E-state index contributed by atoms with van der Waals surface area (Å²) in [7, 11) is 0. The van der Waals surface area contributed by atoms with E-state index in [0.717, 1.165) is 5.56 Å². The fourth-order valence-electron chi connectivity index (χ4n) is 2.96. The van der Waals surface area contributed by atoms with Gasteiger partial charge < -0.3 is 24.8 Å². The highest BCUT2D eigenvalue weighted by molar-refractivity contribution is 6.19. The zero-order valence-electron chi connectivity index (χ0n) is 17.5. The standard InChI is InChI=1S/C21H27FN2O6/c1-13-10-24(11-14-5-7-15(8-6-14)29-12-22)20(28)17(18(13)26)19(27)23-9-16(25)30-21(2,3)4/h5-8,13,26H,9-12H2,1-4H3,(H,23,27). The Morgan fingerprint density at radius 3 is 2.47 bits per heavy atom. The molecule has 1 atom stereocenters. The first kappa shape index (κ1) is 23.2. The van der Waals surface area contributed by atoms with Crippen molar-refractivity contribution in [3.05, 3.63) is 41.2 Å². The highest BCUT2D eigenvalue weighted by atomic mass is 19.1. The predicted octanol–water partition coefficient (Wildman–Crippen LogP) is 2.24. The molecule has 2 rings (SSSR count). The molecule has 1 heterocycles. The summed E-state index contributed by atoms with van der Waals surface area (Å²) in [6, 6.07) is 6.52. The number of carbonyl (C=O) groups excluding carboxylic acids is 3. The number of alkyl halides is 1. The highest BCUT2D eigenvalue weighted by Gasteiger charge is 2.36. The predicted molar refractivity (Wildman–Crippen MR) is 106 cm³/mol. The normalized spacial score (nSPS) is 17.0. The Kier molecular flexibility index (Phi) is 7.42. The molecule has 1 aliphatic rings. The lowest BCUT2D eigenvalue weighted by Gasteiger charge is -2.32. The molecule has 0 fully saturated rings. The fraction of sp³-hybridized carbons (Fsp3) is 0.476. The van der Waals surface area contributed by atoms with Crippen LogP contribution in [0.5, 0.6) is 5.75 Å². The summed E-state index contributed by atoms with van der Waals surface area (Å²) in [4.78, 5) is 38.6. The van der Waals surface area contributed by atoms with Gasteiger partial charge in [-0.1, -0.05) is 19.1 Å². The first-order valence-corrected chi connectivity index (χ1v) is 9.52. The molecule has 164 valence electrons. The Labute approximate surface area is 174 Å². The van der Waals surface area contributed by atoms with E-state index in [2.05, 4.69) is 5.32 Å². The number of aliphatic hydroxyl groups is 1. The fourth-order valence-corrected chi connectivity index (χ4v) is 2.96. The Morgan fingerprint density at radius 2 is 1.90 bits per heavy atom. The third kappa shape index (κ3) is 6.20. The van der Waals surface area contributed by atoms with Gasteiger partial charge in [0.25, 0.3) is 11.8 Å². The zero-order valence-corrected chi connectivity index (χ0v) is 17.5. The molecule has 0 aromatic heterocycles. The first-order chi connectivity index (χ1) is 14.0. The number of carbonyl (C=O) groups is 3. The van der Waals surface area contributed by atoms with Crippen LogP contribution >= 0.6 is 0 Å². The number of hydrogen-bond donors (Lipinski definition) is 2. The summed E-state index contributed by atoms with van der Waals surface area (Å²) in [6.45, 7) is 5.82. The average Bonchev–Trinajstić information content (AvgIpc) is 2.65. The summed E-state index contributed by atoms with van der Waals surface area (Å²) in [5, 5.41) is 12.6. The number of rotatable bonds is 7. The van der Waals surface area contributed by atoms with E-state index < -0.39 is 48.3 Å². The molecular weight excluding hydrogens is 395 g/mol. The van der Waals surface area contributed by atoms with Gasteiger partial charge in [-0.2, -0.15) is 0 Å². The van der Waals surface area contributed by atoms with E-state index in [-0.39, 0.29) is 18.8 Å². The van der Waals surface area contributed by atoms with Crippen LogP contribution in [0.15, 0.2) is 35.6 Å². The monoisotopic (exact) mass is 422 g/mol. The van der Waals surface area contributed by atoms with Gasteiger partial charge in [0.1, 0.15) is 29.2 Å². The van der Waals surface area contributed by atoms with Crippen LogP contribution in [-0.2, 0) is 25.7 Å². The second-order valence-electron chi connectivity index (χ2n) is 8.01. The maximum absolute atomic E-state index is 12.8. The number of ether oxygens (including phenoxy) is 2. The minimum Gasteiger partial charge on any atom is -0.511 e. The number of benzene rings is 1. The van der Waals surface area contributed by atoms with Crippen LogP contribution in [0.25, 0.3) is 0 Å². The third-order valence-corrected chi connectivity index (χ3v) is 4.28. The summed E-state index contributed by atoms with van der Waals surface area (Å²) in [5.41, 5.74) is -0.355. The Bertz CT molecular complexity index is 829. The van der Waals surface area contributed by atoms with Gasteiger partial charge in [-0.05, 0) is 38.5 Å². The molecular formula is C21H27FN2O6. The van der Waals surface area contributed by atoms with E-state index in [1.54, 1.807) is 52.0 Å². The number of nitrogens with one attached hydrogen (secondary N) is 1. The van der Waals surface area contributed by atoms with Crippen LogP contribution in [0.3, 0.4) is 0 Å². The van der Waals surface area contributed by atoms with Crippen LogP contribution in [0.2, 0.25) is 0 Å². The average molecular weight is 422 g/mol. The third-order valence-electron chi connectivity index (χ3n) is 4.28. The second kappa shape index (κ2) is 9.60. The van der Waals surface area contributed by atoms with Crippen molar-refractivity contribution in [1.29, 1.82) is 0 Å². The van der Waals surface area contributed by atoms with Gasteiger partial charge in [-0.15, -0.1) is 0 Å². The number of halogens is 1. The number of esters is 1. The van der Waals surface area contributed by atoms with Crippen molar-refractivity contribution in [3.8, 4) is 5.75 Å². The molecule has 1 aromatic rings. The molecule has 1 aromatic carbocycles. The molecule has 0 saturated heterocycles. The molecule has 9 heteroatoms. The maximum atomic E-state index is 12.8. The minimum atomic E-state index is -0.937. The summed E-state index contributed by atoms with van der Waals surface area (Å²) >= 11 is 0. The van der Waals surface area contributed by atoms with Crippen LogP contribution < -0.4 is 10.1 Å². The summed E-state index contributed by atoms with van der Waals surface area (Å²) in [6.07, 6.45) is 0. The van der Waals surface area contributed by atoms with E-state index in [9.17, 15) is 23.9 Å². The van der Waals surface area contributed by atoms with Crippen LogP contribution in [0, 0.1) is 5.92 Å². The van der Waals surface area contributed by atoms with Gasteiger partial charge in [0.2, 0.25) is 6.86 Å². The van der Waals surface area contributed by atoms with Crippen LogP contribution in [-0.4, -0.2) is 53.3 Å². The van der Waals surface area contributed by atoms with Gasteiger partial charge in [-0.25, -0.2) is 4.39 Å². The number of amides is 2. The van der Waals surface area contributed by atoms with Crippen LogP contribution in [0.1, 0.15) is 33.3 Å². The highest BCUT2D eigenvalue weighted by Crippen LogP contribution is 2.25. The Hall–Kier alpha value is -3.10. The largest absolute Gasteiger partial charge is 0.511 e. The van der Waals surface area contributed by atoms with Crippen molar-refractivity contribution in [3.63, 3.8) is 0 Å². The van der Waals surface area contributed by atoms with Gasteiger partial charge in [0.15, 0.2) is 0 Å². The molecule has 1 aliphatic heterocycles. The van der Waals surface area contributed by atoms with Crippen molar-refractivity contribution in [2.75, 3.05) is 20.0 Å². The molecule has 0 spiro atoms. The zero-order chi connectivity index (χ0) is 22.5. The van der Waals surface area contributed by atoms with Crippen molar-refractivity contribution < 1.29 is 33.4 Å². The molecule has 0 aliphatic carbocycles. The molecule has 0 saturated carbocycles. The van der Waals surface area contributed by atoms with Crippen LogP contribution in [0.4, 0.5) is 4.39 Å². The number of hydrogen-bond acceptors (Lipinski definition) is 6. The summed E-state index contributed by atoms with van der Waals surface area (Å²) < 4.78 is 22.1. The van der Waals surface area contributed by atoms with Gasteiger partial charge in [0.05, 0.1) is 0 Å². The van der Waals surface area contributed by atoms with E-state index in [4.69, 9.17) is 9.47 Å². The smallest absolute Gasteiger partial charge is 0.325 e. The van der Waals surface area contributed by atoms with E-state index >= 15 is 0 Å². The minimum absolute atomic E-state index is 0.190. The Balaban J connectivity index is 2.08. The van der Waals surface area contributed by atoms with E-state index in [1.807, 2.05) is 0 Å². The molecule has 30 heavy (non-hydrogen) atoms. The van der Waals surface area contributed by atoms with E-state index in [0.29, 0.717) is 5.75 Å². The molecule has 0 bridgehead atoms. The van der Waals surface area contributed by atoms with Gasteiger partial charge in [-0.3, -0.25) is 14.4 Å². The maximum Gasteiger partial charge on any atom is 0.325 e. The lowest BCUT2D eigenvalue weighted by atomic mass is 9.97. The molecule has 2 amide bonds. The molecule has 1 unspecified atom stereocenters. The first-order valence-electron chi connectivity index (χ1n) is 9.52. The van der Waals surface area contributed by atoms with Crippen molar-refractivity contribution in [2.24, 2.45) is 5.92 Å². The molecule has 8 nitrogen and oxygen atoms in total. The molecule has 2 N–H and O–H groups in total. The SMILES string of the molecule is CC1CN(Cc2ccc(OCF)cc2)C(=O)C(C(=O)NCC(=O)OC(C)(C)C)=C1O. The summed E-state index contributed by atoms with van der Waals surface area (Å²) in [5.74, 6) is -2.55. The lowest BCUT2D eigenvalue weighted by molar-refractivity contribution is -0.154.